The zero-order valence-electron chi connectivity index (χ0n) is 11.2. The zero-order chi connectivity index (χ0) is 13.7. The molecule has 1 heterocycles. The molecule has 1 aliphatic rings. The van der Waals surface area contributed by atoms with Crippen LogP contribution in [0.1, 0.15) is 25.3 Å². The van der Waals surface area contributed by atoms with Crippen LogP contribution in [0, 0.1) is 0 Å². The summed E-state index contributed by atoms with van der Waals surface area (Å²) in [4.78, 5) is 11.9. The number of nitrogens with two attached hydrogens (primary N) is 1. The summed E-state index contributed by atoms with van der Waals surface area (Å²) in [5.74, 6) is -0.0683. The van der Waals surface area contributed by atoms with Gasteiger partial charge in [-0.25, -0.2) is 0 Å². The van der Waals surface area contributed by atoms with E-state index < -0.39 is 0 Å². The summed E-state index contributed by atoms with van der Waals surface area (Å²) in [6.07, 6.45) is 5.06. The van der Waals surface area contributed by atoms with Crippen LogP contribution in [0.5, 0.6) is 0 Å². The van der Waals surface area contributed by atoms with Gasteiger partial charge in [-0.1, -0.05) is 12.1 Å². The van der Waals surface area contributed by atoms with E-state index >= 15 is 0 Å². The lowest BCUT2D eigenvalue weighted by molar-refractivity contribution is -0.119. The van der Waals surface area contributed by atoms with E-state index in [9.17, 15) is 4.79 Å². The van der Waals surface area contributed by atoms with Crippen LogP contribution in [0.2, 0.25) is 0 Å². The smallest absolute Gasteiger partial charge is 0.244 e. The van der Waals surface area contributed by atoms with E-state index in [1.807, 2.05) is 24.3 Å². The van der Waals surface area contributed by atoms with Crippen molar-refractivity contribution in [1.82, 2.24) is 5.32 Å². The van der Waals surface area contributed by atoms with Gasteiger partial charge in [0.05, 0.1) is 0 Å². The molecule has 0 aromatic heterocycles. The average Bonchev–Trinajstić information content (AvgIpc) is 2.38. The van der Waals surface area contributed by atoms with Crippen LogP contribution in [0.25, 0.3) is 6.08 Å². The highest BCUT2D eigenvalue weighted by molar-refractivity contribution is 5.92. The molecule has 0 radical (unpaired) electrons. The van der Waals surface area contributed by atoms with Crippen molar-refractivity contribution >= 4 is 17.7 Å². The van der Waals surface area contributed by atoms with Crippen LogP contribution >= 0.6 is 0 Å². The largest absolute Gasteiger partial charge is 0.399 e. The monoisotopic (exact) mass is 260 g/mol. The first kappa shape index (κ1) is 13.6. The number of carbonyl (C=O) groups excluding carboxylic acids is 1. The predicted molar refractivity (Wildman–Crippen MR) is 76.5 cm³/mol. The van der Waals surface area contributed by atoms with Crippen molar-refractivity contribution in [2.24, 2.45) is 0 Å². The van der Waals surface area contributed by atoms with Crippen LogP contribution in [0.4, 0.5) is 5.69 Å². The first-order valence-electron chi connectivity index (χ1n) is 6.51. The third-order valence-corrected chi connectivity index (χ3v) is 3.38. The van der Waals surface area contributed by atoms with E-state index in [-0.39, 0.29) is 11.4 Å². The summed E-state index contributed by atoms with van der Waals surface area (Å²) in [6, 6.07) is 7.40. The lowest BCUT2D eigenvalue weighted by Crippen LogP contribution is -2.49. The summed E-state index contributed by atoms with van der Waals surface area (Å²) in [5, 5.41) is 3.05. The molecular formula is C15H20N2O2. The van der Waals surface area contributed by atoms with Gasteiger partial charge in [-0.3, -0.25) is 4.79 Å². The van der Waals surface area contributed by atoms with Crippen molar-refractivity contribution < 1.29 is 9.53 Å². The molecule has 0 saturated carbocycles. The Labute approximate surface area is 113 Å². The number of amides is 1. The Kier molecular flexibility index (Phi) is 4.22. The molecule has 0 atom stereocenters. The summed E-state index contributed by atoms with van der Waals surface area (Å²) < 4.78 is 5.31. The van der Waals surface area contributed by atoms with E-state index in [0.29, 0.717) is 13.2 Å². The first-order chi connectivity index (χ1) is 9.07. The van der Waals surface area contributed by atoms with Crippen molar-refractivity contribution in [1.29, 1.82) is 0 Å². The Morgan fingerprint density at radius 3 is 2.58 bits per heavy atom. The molecule has 1 aliphatic heterocycles. The molecule has 1 aromatic rings. The second kappa shape index (κ2) is 5.89. The van der Waals surface area contributed by atoms with Crippen molar-refractivity contribution in [3.8, 4) is 0 Å². The van der Waals surface area contributed by atoms with Crippen molar-refractivity contribution in [3.05, 3.63) is 35.9 Å². The molecule has 102 valence electrons. The second-order valence-corrected chi connectivity index (χ2v) is 5.16. The zero-order valence-corrected chi connectivity index (χ0v) is 11.2. The molecular weight excluding hydrogens is 240 g/mol. The van der Waals surface area contributed by atoms with Crippen LogP contribution in [0.3, 0.4) is 0 Å². The SMILES string of the molecule is CC1(NC(=O)/C=C/c2ccc(N)cc2)CCOCC1. The minimum absolute atomic E-state index is 0.0683. The van der Waals surface area contributed by atoms with Gasteiger partial charge in [0.15, 0.2) is 0 Å². The van der Waals surface area contributed by atoms with Gasteiger partial charge < -0.3 is 15.8 Å². The molecule has 0 bridgehead atoms. The fraction of sp³-hybridized carbons (Fsp3) is 0.400. The van der Waals surface area contributed by atoms with E-state index in [1.165, 1.54) is 0 Å². The van der Waals surface area contributed by atoms with Gasteiger partial charge in [0.2, 0.25) is 5.91 Å². The average molecular weight is 260 g/mol. The Morgan fingerprint density at radius 2 is 1.95 bits per heavy atom. The molecule has 0 unspecified atom stereocenters. The van der Waals surface area contributed by atoms with Crippen LogP contribution in [-0.4, -0.2) is 24.7 Å². The molecule has 1 aromatic carbocycles. The standard InChI is InChI=1S/C15H20N2O2/c1-15(8-10-19-11-9-15)17-14(18)7-4-12-2-5-13(16)6-3-12/h2-7H,8-11,16H2,1H3,(H,17,18)/b7-4+. The lowest BCUT2D eigenvalue weighted by Gasteiger charge is -2.34. The van der Waals surface area contributed by atoms with Gasteiger partial charge in [0.1, 0.15) is 0 Å². The van der Waals surface area contributed by atoms with Crippen LogP contribution in [0.15, 0.2) is 30.3 Å². The van der Waals surface area contributed by atoms with Gasteiger partial charge >= 0.3 is 0 Å². The number of hydrogen-bond donors (Lipinski definition) is 2. The van der Waals surface area contributed by atoms with Crippen molar-refractivity contribution in [3.63, 3.8) is 0 Å². The maximum Gasteiger partial charge on any atom is 0.244 e. The Balaban J connectivity index is 1.91. The molecule has 2 rings (SSSR count). The third-order valence-electron chi connectivity index (χ3n) is 3.38. The summed E-state index contributed by atoms with van der Waals surface area (Å²) in [6.45, 7) is 3.47. The quantitative estimate of drug-likeness (QED) is 0.645. The molecule has 4 heteroatoms. The first-order valence-corrected chi connectivity index (χ1v) is 6.51. The van der Waals surface area contributed by atoms with Crippen molar-refractivity contribution in [2.45, 2.75) is 25.3 Å². The molecule has 19 heavy (non-hydrogen) atoms. The maximum atomic E-state index is 11.9. The van der Waals surface area contributed by atoms with E-state index in [1.54, 1.807) is 12.2 Å². The highest BCUT2D eigenvalue weighted by atomic mass is 16.5. The lowest BCUT2D eigenvalue weighted by atomic mass is 9.92. The normalized spacial score (nSPS) is 18.4. The van der Waals surface area contributed by atoms with Crippen molar-refractivity contribution in [2.75, 3.05) is 18.9 Å². The van der Waals surface area contributed by atoms with E-state index in [4.69, 9.17) is 10.5 Å². The second-order valence-electron chi connectivity index (χ2n) is 5.16. The van der Waals surface area contributed by atoms with Crippen LogP contribution < -0.4 is 11.1 Å². The van der Waals surface area contributed by atoms with Crippen LogP contribution in [-0.2, 0) is 9.53 Å². The molecule has 1 amide bonds. The highest BCUT2D eigenvalue weighted by Gasteiger charge is 2.28. The summed E-state index contributed by atoms with van der Waals surface area (Å²) in [5.41, 5.74) is 7.13. The Bertz CT molecular complexity index is 460. The molecule has 1 saturated heterocycles. The number of carbonyl (C=O) groups is 1. The number of benzene rings is 1. The minimum Gasteiger partial charge on any atom is -0.399 e. The molecule has 3 N–H and O–H groups in total. The molecule has 0 aliphatic carbocycles. The number of hydrogen-bond acceptors (Lipinski definition) is 3. The number of nitrogens with one attached hydrogen (secondary N) is 1. The van der Waals surface area contributed by atoms with Gasteiger partial charge in [-0.05, 0) is 43.5 Å². The minimum atomic E-state index is -0.152. The molecule has 0 spiro atoms. The summed E-state index contributed by atoms with van der Waals surface area (Å²) in [7, 11) is 0. The summed E-state index contributed by atoms with van der Waals surface area (Å²) >= 11 is 0. The molecule has 4 nitrogen and oxygen atoms in total. The fourth-order valence-electron chi connectivity index (χ4n) is 2.07. The highest BCUT2D eigenvalue weighted by Crippen LogP contribution is 2.19. The predicted octanol–water partition coefficient (Wildman–Crippen LogP) is 1.97. The van der Waals surface area contributed by atoms with E-state index in [0.717, 1.165) is 24.1 Å². The van der Waals surface area contributed by atoms with Gasteiger partial charge in [0.25, 0.3) is 0 Å². The van der Waals surface area contributed by atoms with Gasteiger partial charge in [0, 0.05) is 30.5 Å². The number of nitrogen functional groups attached to an aromatic ring is 1. The Morgan fingerprint density at radius 1 is 1.32 bits per heavy atom. The van der Waals surface area contributed by atoms with Gasteiger partial charge in [-0.15, -0.1) is 0 Å². The van der Waals surface area contributed by atoms with E-state index in [2.05, 4.69) is 12.2 Å². The topological polar surface area (TPSA) is 64.4 Å². The fourth-order valence-corrected chi connectivity index (χ4v) is 2.07. The Hall–Kier alpha value is -1.81. The molecule has 1 fully saturated rings. The third kappa shape index (κ3) is 4.10. The number of anilines is 1. The van der Waals surface area contributed by atoms with Gasteiger partial charge in [-0.2, -0.15) is 0 Å². The number of ether oxygens (including phenoxy) is 1. The number of rotatable bonds is 3. The maximum absolute atomic E-state index is 11.9.